The number of nitrogens with one attached hydrogen (secondary N) is 1. The molecule has 2 aromatic rings. The van der Waals surface area contributed by atoms with Gasteiger partial charge in [0.25, 0.3) is 5.91 Å². The normalized spacial score (nSPS) is 15.0. The lowest BCUT2D eigenvalue weighted by Crippen LogP contribution is -2.49. The molecule has 1 unspecified atom stereocenters. The van der Waals surface area contributed by atoms with Gasteiger partial charge >= 0.3 is 0 Å². The van der Waals surface area contributed by atoms with Gasteiger partial charge in [0.05, 0.1) is 0 Å². The molecular formula is C20H21ClN2O2. The van der Waals surface area contributed by atoms with Crippen LogP contribution in [0.15, 0.2) is 54.6 Å². The Balaban J connectivity index is 1.76. The molecule has 130 valence electrons. The van der Waals surface area contributed by atoms with Gasteiger partial charge in [-0.25, -0.2) is 0 Å². The second-order valence-electron chi connectivity index (χ2n) is 6.26. The summed E-state index contributed by atoms with van der Waals surface area (Å²) in [5.74, 6) is -0.270. The van der Waals surface area contributed by atoms with Gasteiger partial charge in [-0.15, -0.1) is 0 Å². The van der Waals surface area contributed by atoms with Gasteiger partial charge in [0.1, 0.15) is 6.04 Å². The van der Waals surface area contributed by atoms with Gasteiger partial charge in [-0.05, 0) is 42.7 Å². The quantitative estimate of drug-likeness (QED) is 0.893. The van der Waals surface area contributed by atoms with E-state index in [9.17, 15) is 9.59 Å². The van der Waals surface area contributed by atoms with Crippen LogP contribution in [0.25, 0.3) is 0 Å². The molecule has 2 aromatic carbocycles. The zero-order chi connectivity index (χ0) is 17.6. The number of hydrogen-bond acceptors (Lipinski definition) is 2. The summed E-state index contributed by atoms with van der Waals surface area (Å²) in [4.78, 5) is 27.3. The molecule has 1 aliphatic rings. The minimum Gasteiger partial charge on any atom is -0.341 e. The molecule has 0 saturated carbocycles. The minimum absolute atomic E-state index is 0.0105. The fraction of sp³-hybridized carbons (Fsp3) is 0.300. The number of nitrogens with zero attached hydrogens (tertiary/aromatic N) is 1. The molecule has 0 aliphatic carbocycles. The van der Waals surface area contributed by atoms with Gasteiger partial charge < -0.3 is 10.2 Å². The molecule has 2 amide bonds. The van der Waals surface area contributed by atoms with Crippen LogP contribution in [-0.2, 0) is 11.2 Å². The van der Waals surface area contributed by atoms with Crippen LogP contribution >= 0.6 is 11.6 Å². The fourth-order valence-electron chi connectivity index (χ4n) is 3.05. The first-order chi connectivity index (χ1) is 12.1. The zero-order valence-electron chi connectivity index (χ0n) is 14.0. The fourth-order valence-corrected chi connectivity index (χ4v) is 3.18. The van der Waals surface area contributed by atoms with Gasteiger partial charge in [0, 0.05) is 30.1 Å². The Morgan fingerprint density at radius 3 is 2.28 bits per heavy atom. The van der Waals surface area contributed by atoms with Crippen molar-refractivity contribution in [1.29, 1.82) is 0 Å². The lowest BCUT2D eigenvalue weighted by Gasteiger charge is -2.24. The van der Waals surface area contributed by atoms with E-state index in [4.69, 9.17) is 11.6 Å². The Labute approximate surface area is 152 Å². The molecule has 5 heteroatoms. The van der Waals surface area contributed by atoms with Crippen molar-refractivity contribution in [3.05, 3.63) is 70.7 Å². The van der Waals surface area contributed by atoms with Crippen molar-refractivity contribution in [2.24, 2.45) is 0 Å². The Morgan fingerprint density at radius 2 is 1.64 bits per heavy atom. The number of halogens is 1. The van der Waals surface area contributed by atoms with Crippen molar-refractivity contribution < 1.29 is 9.59 Å². The predicted octanol–water partition coefficient (Wildman–Crippen LogP) is 3.30. The highest BCUT2D eigenvalue weighted by Crippen LogP contribution is 2.14. The number of carbonyl (C=O) groups is 2. The highest BCUT2D eigenvalue weighted by molar-refractivity contribution is 6.30. The summed E-state index contributed by atoms with van der Waals surface area (Å²) in [6.07, 6.45) is 2.53. The van der Waals surface area contributed by atoms with Gasteiger partial charge in [0.2, 0.25) is 5.91 Å². The number of likely N-dealkylation sites (tertiary alicyclic amines) is 1. The maximum absolute atomic E-state index is 12.9. The van der Waals surface area contributed by atoms with Crippen molar-refractivity contribution in [3.63, 3.8) is 0 Å². The Hall–Kier alpha value is -2.33. The first-order valence-corrected chi connectivity index (χ1v) is 8.90. The van der Waals surface area contributed by atoms with Crippen LogP contribution in [0.3, 0.4) is 0 Å². The molecule has 3 rings (SSSR count). The third-order valence-corrected chi connectivity index (χ3v) is 4.66. The van der Waals surface area contributed by atoms with Crippen LogP contribution in [0.1, 0.15) is 28.8 Å². The summed E-state index contributed by atoms with van der Waals surface area (Å²) in [5.41, 5.74) is 1.52. The number of rotatable bonds is 5. The van der Waals surface area contributed by atoms with Crippen LogP contribution in [0.2, 0.25) is 5.02 Å². The molecule has 1 fully saturated rings. The standard InChI is InChI=1S/C20H21ClN2O2/c21-17-10-8-16(9-11-17)19(24)22-18(14-15-6-2-1-3-7-15)20(25)23-12-4-5-13-23/h1-3,6-11,18H,4-5,12-14H2,(H,22,24). The first kappa shape index (κ1) is 17.5. The number of hydrogen-bond donors (Lipinski definition) is 1. The highest BCUT2D eigenvalue weighted by atomic mass is 35.5. The largest absolute Gasteiger partial charge is 0.341 e. The molecule has 0 bridgehead atoms. The lowest BCUT2D eigenvalue weighted by atomic mass is 10.0. The van der Waals surface area contributed by atoms with E-state index in [1.165, 1.54) is 0 Å². The third kappa shape index (κ3) is 4.60. The molecular weight excluding hydrogens is 336 g/mol. The molecule has 1 aliphatic heterocycles. The summed E-state index contributed by atoms with van der Waals surface area (Å²) in [6.45, 7) is 1.53. The second-order valence-corrected chi connectivity index (χ2v) is 6.69. The average molecular weight is 357 g/mol. The summed E-state index contributed by atoms with van der Waals surface area (Å²) in [5, 5.41) is 3.48. The van der Waals surface area contributed by atoms with Crippen molar-refractivity contribution in [3.8, 4) is 0 Å². The minimum atomic E-state index is -0.566. The molecule has 0 spiro atoms. The van der Waals surface area contributed by atoms with E-state index in [0.717, 1.165) is 31.5 Å². The monoisotopic (exact) mass is 356 g/mol. The summed E-state index contributed by atoms with van der Waals surface area (Å²) >= 11 is 5.87. The SMILES string of the molecule is O=C(NC(Cc1ccccc1)C(=O)N1CCCC1)c1ccc(Cl)cc1. The van der Waals surface area contributed by atoms with E-state index in [1.54, 1.807) is 24.3 Å². The average Bonchev–Trinajstić information content (AvgIpc) is 3.16. The second kappa shape index (κ2) is 8.17. The van der Waals surface area contributed by atoms with Crippen LogP contribution in [0.4, 0.5) is 0 Å². The lowest BCUT2D eigenvalue weighted by molar-refractivity contribution is -0.132. The first-order valence-electron chi connectivity index (χ1n) is 8.52. The van der Waals surface area contributed by atoms with Crippen molar-refractivity contribution in [2.75, 3.05) is 13.1 Å². The van der Waals surface area contributed by atoms with Gasteiger partial charge in [-0.1, -0.05) is 41.9 Å². The molecule has 1 atom stereocenters. The van der Waals surface area contributed by atoms with Crippen molar-refractivity contribution in [2.45, 2.75) is 25.3 Å². The number of benzene rings is 2. The smallest absolute Gasteiger partial charge is 0.251 e. The van der Waals surface area contributed by atoms with Crippen LogP contribution in [0, 0.1) is 0 Å². The molecule has 1 N–H and O–H groups in total. The number of amides is 2. The van der Waals surface area contributed by atoms with E-state index in [-0.39, 0.29) is 11.8 Å². The number of carbonyl (C=O) groups excluding carboxylic acids is 2. The molecule has 4 nitrogen and oxygen atoms in total. The summed E-state index contributed by atoms with van der Waals surface area (Å²) in [6, 6.07) is 15.9. The predicted molar refractivity (Wildman–Crippen MR) is 98.7 cm³/mol. The van der Waals surface area contributed by atoms with Crippen molar-refractivity contribution in [1.82, 2.24) is 10.2 Å². The zero-order valence-corrected chi connectivity index (χ0v) is 14.7. The Morgan fingerprint density at radius 1 is 1.00 bits per heavy atom. The van der Waals surface area contributed by atoms with Gasteiger partial charge in [-0.2, -0.15) is 0 Å². The topological polar surface area (TPSA) is 49.4 Å². The maximum atomic E-state index is 12.9. The van der Waals surface area contributed by atoms with E-state index in [2.05, 4.69) is 5.32 Å². The maximum Gasteiger partial charge on any atom is 0.251 e. The van der Waals surface area contributed by atoms with E-state index in [1.807, 2.05) is 35.2 Å². The van der Waals surface area contributed by atoms with Crippen LogP contribution in [-0.4, -0.2) is 35.8 Å². The van der Waals surface area contributed by atoms with Crippen molar-refractivity contribution >= 4 is 23.4 Å². The summed E-state index contributed by atoms with van der Waals surface area (Å²) < 4.78 is 0. The van der Waals surface area contributed by atoms with E-state index < -0.39 is 6.04 Å². The van der Waals surface area contributed by atoms with Gasteiger partial charge in [-0.3, -0.25) is 9.59 Å². The van der Waals surface area contributed by atoms with Crippen LogP contribution in [0.5, 0.6) is 0 Å². The molecule has 25 heavy (non-hydrogen) atoms. The highest BCUT2D eigenvalue weighted by Gasteiger charge is 2.28. The molecule has 0 radical (unpaired) electrons. The van der Waals surface area contributed by atoms with Crippen LogP contribution < -0.4 is 5.32 Å². The molecule has 0 aromatic heterocycles. The summed E-state index contributed by atoms with van der Waals surface area (Å²) in [7, 11) is 0. The Bertz CT molecular complexity index is 725. The molecule has 1 saturated heterocycles. The van der Waals surface area contributed by atoms with Gasteiger partial charge in [0.15, 0.2) is 0 Å². The Kier molecular flexibility index (Phi) is 5.71. The third-order valence-electron chi connectivity index (χ3n) is 4.41. The molecule has 1 heterocycles. The van der Waals surface area contributed by atoms with E-state index >= 15 is 0 Å². The van der Waals surface area contributed by atoms with E-state index in [0.29, 0.717) is 17.0 Å².